The number of nitrogen functional groups attached to an aromatic ring is 1. The Bertz CT molecular complexity index is 1420. The third-order valence-corrected chi connectivity index (χ3v) is 6.13. The number of ether oxygens (including phenoxy) is 1. The van der Waals surface area contributed by atoms with E-state index in [4.69, 9.17) is 10.5 Å². The van der Waals surface area contributed by atoms with Crippen LogP contribution in [-0.4, -0.2) is 49.9 Å². The zero-order chi connectivity index (χ0) is 26.5. The first-order valence-electron chi connectivity index (χ1n) is 12.1. The third kappa shape index (κ3) is 5.65. The van der Waals surface area contributed by atoms with Crippen LogP contribution in [0.25, 0.3) is 11.4 Å². The molecule has 1 fully saturated rings. The highest BCUT2D eigenvalue weighted by atomic mass is 19.1. The maximum absolute atomic E-state index is 13.3. The Balaban J connectivity index is 1.38. The molecule has 3 heterocycles. The topological polar surface area (TPSA) is 150 Å². The fourth-order valence-electron chi connectivity index (χ4n) is 4.12. The molecule has 0 unspecified atom stereocenters. The van der Waals surface area contributed by atoms with E-state index in [1.165, 1.54) is 30.5 Å². The van der Waals surface area contributed by atoms with Crippen LogP contribution in [0.2, 0.25) is 0 Å². The van der Waals surface area contributed by atoms with Gasteiger partial charge in [-0.15, -0.1) is 5.10 Å². The Morgan fingerprint density at radius 2 is 1.82 bits per heavy atom. The summed E-state index contributed by atoms with van der Waals surface area (Å²) in [4.78, 5) is 34.7. The summed E-state index contributed by atoms with van der Waals surface area (Å²) in [5.74, 6) is -2.18. The van der Waals surface area contributed by atoms with E-state index in [0.717, 1.165) is 25.9 Å². The highest BCUT2D eigenvalue weighted by Crippen LogP contribution is 2.25. The lowest BCUT2D eigenvalue weighted by Crippen LogP contribution is -2.29. The van der Waals surface area contributed by atoms with E-state index in [1.807, 2.05) is 0 Å². The van der Waals surface area contributed by atoms with Gasteiger partial charge in [-0.1, -0.05) is 35.5 Å². The fraction of sp³-hybridized carbons (Fsp3) is 0.231. The standard InChI is InChI=1S/C26H25FN8O3/c27-17-6-8-18(9-7-17)31-25(36)23(16-4-2-1-3-5-16)38-26(37)22-24(28)30-14-20(32-22)21-15-35(34-33-21)19-10-12-29-13-11-19/h1-9,14-15,19,23,29H,10-13H2,(H2,28,30)(H,31,36)/t23-/m1/s1. The van der Waals surface area contributed by atoms with Crippen molar-refractivity contribution in [3.05, 3.63) is 84.1 Å². The van der Waals surface area contributed by atoms with E-state index in [0.29, 0.717) is 22.6 Å². The zero-order valence-electron chi connectivity index (χ0n) is 20.3. The van der Waals surface area contributed by atoms with Crippen LogP contribution >= 0.6 is 0 Å². The highest BCUT2D eigenvalue weighted by molar-refractivity contribution is 5.99. The summed E-state index contributed by atoms with van der Waals surface area (Å²) in [6, 6.07) is 13.9. The number of rotatable bonds is 7. The minimum absolute atomic E-state index is 0.157. The Hall–Kier alpha value is -4.71. The number of nitrogens with two attached hydrogens (primary N) is 1. The van der Waals surface area contributed by atoms with Gasteiger partial charge in [0.15, 0.2) is 11.5 Å². The van der Waals surface area contributed by atoms with Crippen molar-refractivity contribution in [1.82, 2.24) is 30.3 Å². The van der Waals surface area contributed by atoms with E-state index < -0.39 is 23.8 Å². The molecule has 12 heteroatoms. The minimum atomic E-state index is -1.33. The van der Waals surface area contributed by atoms with Crippen molar-refractivity contribution >= 4 is 23.4 Å². The monoisotopic (exact) mass is 516 g/mol. The summed E-state index contributed by atoms with van der Waals surface area (Å²) in [5.41, 5.74) is 7.19. The molecule has 194 valence electrons. The van der Waals surface area contributed by atoms with Crippen molar-refractivity contribution in [2.45, 2.75) is 25.0 Å². The van der Waals surface area contributed by atoms with Gasteiger partial charge in [0.1, 0.15) is 17.2 Å². The second-order valence-electron chi connectivity index (χ2n) is 8.75. The van der Waals surface area contributed by atoms with Gasteiger partial charge in [-0.25, -0.2) is 23.8 Å². The van der Waals surface area contributed by atoms with Gasteiger partial charge in [0.2, 0.25) is 6.10 Å². The smallest absolute Gasteiger partial charge is 0.361 e. The average molecular weight is 517 g/mol. The van der Waals surface area contributed by atoms with Gasteiger partial charge in [-0.3, -0.25) is 4.79 Å². The lowest BCUT2D eigenvalue weighted by molar-refractivity contribution is -0.125. The van der Waals surface area contributed by atoms with Gasteiger partial charge < -0.3 is 21.1 Å². The maximum atomic E-state index is 13.3. The van der Waals surface area contributed by atoms with Gasteiger partial charge in [0.05, 0.1) is 18.4 Å². The lowest BCUT2D eigenvalue weighted by Gasteiger charge is -2.22. The molecular weight excluding hydrogens is 491 g/mol. The van der Waals surface area contributed by atoms with Crippen LogP contribution in [-0.2, 0) is 9.53 Å². The number of carbonyl (C=O) groups is 2. The van der Waals surface area contributed by atoms with Crippen molar-refractivity contribution in [3.8, 4) is 11.4 Å². The molecule has 1 atom stereocenters. The second-order valence-corrected chi connectivity index (χ2v) is 8.75. The zero-order valence-corrected chi connectivity index (χ0v) is 20.3. The predicted octanol–water partition coefficient (Wildman–Crippen LogP) is 2.92. The molecule has 11 nitrogen and oxygen atoms in total. The maximum Gasteiger partial charge on any atom is 0.361 e. The minimum Gasteiger partial charge on any atom is -0.442 e. The van der Waals surface area contributed by atoms with E-state index in [9.17, 15) is 14.0 Å². The summed E-state index contributed by atoms with van der Waals surface area (Å²) < 4.78 is 20.7. The molecule has 2 aromatic heterocycles. The van der Waals surface area contributed by atoms with Crippen molar-refractivity contribution in [2.75, 3.05) is 24.1 Å². The van der Waals surface area contributed by atoms with Crippen LogP contribution in [0, 0.1) is 5.82 Å². The number of piperidine rings is 1. The Kier molecular flexibility index (Phi) is 7.31. The highest BCUT2D eigenvalue weighted by Gasteiger charge is 2.28. The summed E-state index contributed by atoms with van der Waals surface area (Å²) in [7, 11) is 0. The van der Waals surface area contributed by atoms with Crippen LogP contribution in [0.5, 0.6) is 0 Å². The third-order valence-electron chi connectivity index (χ3n) is 6.13. The first-order valence-corrected chi connectivity index (χ1v) is 12.1. The number of carbonyl (C=O) groups excluding carboxylic acids is 2. The quantitative estimate of drug-likeness (QED) is 0.315. The number of aromatic nitrogens is 5. The lowest BCUT2D eigenvalue weighted by atomic mass is 10.1. The Morgan fingerprint density at radius 1 is 1.08 bits per heavy atom. The number of halogens is 1. The molecule has 2 aromatic carbocycles. The summed E-state index contributed by atoms with van der Waals surface area (Å²) >= 11 is 0. The van der Waals surface area contributed by atoms with Crippen molar-refractivity contribution in [3.63, 3.8) is 0 Å². The number of hydrogen-bond acceptors (Lipinski definition) is 9. The first-order chi connectivity index (χ1) is 18.5. The second kappa shape index (κ2) is 11.1. The first kappa shape index (κ1) is 25.0. The van der Waals surface area contributed by atoms with Gasteiger partial charge in [-0.05, 0) is 50.2 Å². The molecule has 0 aliphatic carbocycles. The summed E-state index contributed by atoms with van der Waals surface area (Å²) in [5, 5.41) is 14.3. The van der Waals surface area contributed by atoms with Gasteiger partial charge >= 0.3 is 5.97 Å². The number of hydrogen-bond donors (Lipinski definition) is 3. The van der Waals surface area contributed by atoms with Crippen molar-refractivity contribution < 1.29 is 18.7 Å². The average Bonchev–Trinajstić information content (AvgIpc) is 3.44. The number of nitrogens with zero attached hydrogens (tertiary/aromatic N) is 5. The molecule has 0 saturated carbocycles. The Morgan fingerprint density at radius 3 is 2.55 bits per heavy atom. The van der Waals surface area contributed by atoms with Crippen LogP contribution in [0.4, 0.5) is 15.9 Å². The van der Waals surface area contributed by atoms with Crippen LogP contribution in [0.15, 0.2) is 67.0 Å². The van der Waals surface area contributed by atoms with Gasteiger partial charge in [0.25, 0.3) is 5.91 Å². The van der Waals surface area contributed by atoms with E-state index in [1.54, 1.807) is 41.2 Å². The molecule has 1 aliphatic rings. The van der Waals surface area contributed by atoms with Crippen LogP contribution in [0.1, 0.15) is 41.0 Å². The summed E-state index contributed by atoms with van der Waals surface area (Å²) in [6.07, 6.45) is 3.68. The largest absolute Gasteiger partial charge is 0.442 e. The van der Waals surface area contributed by atoms with Crippen molar-refractivity contribution in [1.29, 1.82) is 0 Å². The van der Waals surface area contributed by atoms with E-state index >= 15 is 0 Å². The SMILES string of the molecule is Nc1ncc(-c2cn(C3CCNCC3)nn2)nc1C(=O)O[C@@H](C(=O)Nc1ccc(F)cc1)c1ccccc1. The normalized spacial score (nSPS) is 14.6. The molecule has 0 bridgehead atoms. The molecule has 0 spiro atoms. The van der Waals surface area contributed by atoms with Gasteiger partial charge in [-0.2, -0.15) is 0 Å². The number of anilines is 2. The fourth-order valence-corrected chi connectivity index (χ4v) is 4.12. The number of benzene rings is 2. The molecule has 1 aliphatic heterocycles. The molecule has 4 aromatic rings. The molecule has 1 saturated heterocycles. The molecule has 0 radical (unpaired) electrons. The van der Waals surface area contributed by atoms with Gasteiger partial charge in [0, 0.05) is 11.3 Å². The molecule has 5 rings (SSSR count). The molecule has 1 amide bonds. The van der Waals surface area contributed by atoms with Crippen LogP contribution < -0.4 is 16.4 Å². The molecule has 4 N–H and O–H groups in total. The van der Waals surface area contributed by atoms with E-state index in [-0.39, 0.29) is 17.6 Å². The molecular formula is C26H25FN8O3. The number of nitrogens with one attached hydrogen (secondary N) is 2. The number of amides is 1. The predicted molar refractivity (Wildman–Crippen MR) is 136 cm³/mol. The summed E-state index contributed by atoms with van der Waals surface area (Å²) in [6.45, 7) is 1.80. The Labute approximate surface area is 217 Å². The van der Waals surface area contributed by atoms with Crippen LogP contribution in [0.3, 0.4) is 0 Å². The molecule has 38 heavy (non-hydrogen) atoms. The van der Waals surface area contributed by atoms with E-state index in [2.05, 4.69) is 30.9 Å². The van der Waals surface area contributed by atoms with Crippen molar-refractivity contribution in [2.24, 2.45) is 0 Å². The number of esters is 1.